The van der Waals surface area contributed by atoms with Crippen LogP contribution in [-0.2, 0) is 22.5 Å². The van der Waals surface area contributed by atoms with Gasteiger partial charge in [-0.3, -0.25) is 14.9 Å². The lowest BCUT2D eigenvalue weighted by atomic mass is 10.1. The van der Waals surface area contributed by atoms with Crippen molar-refractivity contribution < 1.29 is 18.7 Å². The van der Waals surface area contributed by atoms with E-state index in [9.17, 15) is 14.0 Å². The molecule has 0 aliphatic carbocycles. The molecule has 166 valence electrons. The summed E-state index contributed by atoms with van der Waals surface area (Å²) in [5, 5.41) is 4.98. The van der Waals surface area contributed by atoms with Crippen LogP contribution in [0.2, 0.25) is 0 Å². The topological polar surface area (TPSA) is 71.5 Å². The summed E-state index contributed by atoms with van der Waals surface area (Å²) in [5.41, 5.74) is 1.85. The molecule has 2 aromatic carbocycles. The van der Waals surface area contributed by atoms with E-state index in [2.05, 4.69) is 10.3 Å². The van der Waals surface area contributed by atoms with Gasteiger partial charge >= 0.3 is 0 Å². The van der Waals surface area contributed by atoms with Crippen LogP contribution >= 0.6 is 11.3 Å². The molecule has 1 aliphatic heterocycles. The molecule has 8 heteroatoms. The molecule has 1 aliphatic rings. The molecule has 1 aromatic heterocycles. The minimum absolute atomic E-state index is 0.0105. The number of thiazole rings is 1. The minimum Gasteiger partial charge on any atom is -0.376 e. The van der Waals surface area contributed by atoms with Crippen molar-refractivity contribution in [2.45, 2.75) is 31.9 Å². The maximum atomic E-state index is 13.6. The molecule has 3 aromatic rings. The SMILES string of the molecule is O=C(Nc1nc(CC(=O)N(Cc2cccc(F)c2)CC2CCCO2)cs1)c1ccccc1. The molecule has 0 spiro atoms. The summed E-state index contributed by atoms with van der Waals surface area (Å²) < 4.78 is 19.3. The Bertz CT molecular complexity index is 1070. The normalized spacial score (nSPS) is 15.5. The van der Waals surface area contributed by atoms with Crippen LogP contribution in [0.15, 0.2) is 60.0 Å². The predicted molar refractivity (Wildman–Crippen MR) is 121 cm³/mol. The highest BCUT2D eigenvalue weighted by atomic mass is 32.1. The van der Waals surface area contributed by atoms with Crippen LogP contribution in [0.5, 0.6) is 0 Å². The van der Waals surface area contributed by atoms with Gasteiger partial charge in [-0.15, -0.1) is 11.3 Å². The van der Waals surface area contributed by atoms with E-state index in [1.165, 1.54) is 23.5 Å². The van der Waals surface area contributed by atoms with Crippen LogP contribution in [0.4, 0.5) is 9.52 Å². The average molecular weight is 454 g/mol. The number of halogens is 1. The third-order valence-electron chi connectivity index (χ3n) is 5.20. The van der Waals surface area contributed by atoms with Crippen molar-refractivity contribution in [3.8, 4) is 0 Å². The number of hydrogen-bond acceptors (Lipinski definition) is 5. The minimum atomic E-state index is -0.328. The first kappa shape index (κ1) is 22.1. The Morgan fingerprint density at radius 1 is 1.19 bits per heavy atom. The summed E-state index contributed by atoms with van der Waals surface area (Å²) in [4.78, 5) is 31.5. The lowest BCUT2D eigenvalue weighted by molar-refractivity contribution is -0.132. The van der Waals surface area contributed by atoms with Gasteiger partial charge in [0.25, 0.3) is 5.91 Å². The third-order valence-corrected chi connectivity index (χ3v) is 6.01. The average Bonchev–Trinajstić information content (AvgIpc) is 3.46. The van der Waals surface area contributed by atoms with Crippen molar-refractivity contribution in [1.82, 2.24) is 9.88 Å². The second kappa shape index (κ2) is 10.5. The molecule has 32 heavy (non-hydrogen) atoms. The second-order valence-electron chi connectivity index (χ2n) is 7.68. The van der Waals surface area contributed by atoms with Gasteiger partial charge in [0.2, 0.25) is 5.91 Å². The second-order valence-corrected chi connectivity index (χ2v) is 8.54. The number of rotatable bonds is 8. The zero-order valence-electron chi connectivity index (χ0n) is 17.5. The van der Waals surface area contributed by atoms with Gasteiger partial charge < -0.3 is 9.64 Å². The van der Waals surface area contributed by atoms with E-state index in [1.807, 2.05) is 6.07 Å². The number of benzene rings is 2. The monoisotopic (exact) mass is 453 g/mol. The number of hydrogen-bond donors (Lipinski definition) is 1. The molecule has 2 heterocycles. The first-order valence-corrected chi connectivity index (χ1v) is 11.4. The molecular formula is C24H24FN3O3S. The fourth-order valence-electron chi connectivity index (χ4n) is 3.62. The maximum absolute atomic E-state index is 13.6. The van der Waals surface area contributed by atoms with E-state index in [1.54, 1.807) is 46.7 Å². The Kier molecular flexibility index (Phi) is 7.24. The molecular weight excluding hydrogens is 429 g/mol. The van der Waals surface area contributed by atoms with Gasteiger partial charge in [0.05, 0.1) is 18.2 Å². The zero-order chi connectivity index (χ0) is 22.3. The number of aromatic nitrogens is 1. The number of carbonyl (C=O) groups excluding carboxylic acids is 2. The molecule has 1 N–H and O–H groups in total. The number of nitrogens with one attached hydrogen (secondary N) is 1. The van der Waals surface area contributed by atoms with Crippen molar-refractivity contribution in [2.24, 2.45) is 0 Å². The fourth-order valence-corrected chi connectivity index (χ4v) is 4.32. The summed E-state index contributed by atoms with van der Waals surface area (Å²) in [7, 11) is 0. The van der Waals surface area contributed by atoms with E-state index < -0.39 is 0 Å². The largest absolute Gasteiger partial charge is 0.376 e. The van der Waals surface area contributed by atoms with Crippen LogP contribution in [0, 0.1) is 5.82 Å². The number of nitrogens with zero attached hydrogens (tertiary/aromatic N) is 2. The van der Waals surface area contributed by atoms with Crippen LogP contribution in [0.25, 0.3) is 0 Å². The van der Waals surface area contributed by atoms with Crippen molar-refractivity contribution in [1.29, 1.82) is 0 Å². The van der Waals surface area contributed by atoms with E-state index in [0.717, 1.165) is 18.4 Å². The van der Waals surface area contributed by atoms with Crippen LogP contribution in [-0.4, -0.2) is 41.0 Å². The van der Waals surface area contributed by atoms with E-state index in [-0.39, 0.29) is 30.2 Å². The summed E-state index contributed by atoms with van der Waals surface area (Å²) in [6.45, 7) is 1.46. The van der Waals surface area contributed by atoms with E-state index in [4.69, 9.17) is 4.74 Å². The van der Waals surface area contributed by atoms with Crippen molar-refractivity contribution in [3.05, 3.63) is 82.6 Å². The van der Waals surface area contributed by atoms with Gasteiger partial charge in [0.1, 0.15) is 5.82 Å². The van der Waals surface area contributed by atoms with Crippen molar-refractivity contribution in [3.63, 3.8) is 0 Å². The maximum Gasteiger partial charge on any atom is 0.257 e. The molecule has 2 amide bonds. The zero-order valence-corrected chi connectivity index (χ0v) is 18.3. The first-order valence-electron chi connectivity index (χ1n) is 10.5. The lowest BCUT2D eigenvalue weighted by Crippen LogP contribution is -2.38. The van der Waals surface area contributed by atoms with Gasteiger partial charge in [-0.2, -0.15) is 0 Å². The molecule has 6 nitrogen and oxygen atoms in total. The quantitative estimate of drug-likeness (QED) is 0.553. The third kappa shape index (κ3) is 5.99. The lowest BCUT2D eigenvalue weighted by Gasteiger charge is -2.25. The summed E-state index contributed by atoms with van der Waals surface area (Å²) in [6, 6.07) is 15.2. The smallest absolute Gasteiger partial charge is 0.257 e. The number of anilines is 1. The summed E-state index contributed by atoms with van der Waals surface area (Å²) >= 11 is 1.28. The first-order chi connectivity index (χ1) is 15.6. The summed E-state index contributed by atoms with van der Waals surface area (Å²) in [5.74, 6) is -0.690. The van der Waals surface area contributed by atoms with Gasteiger partial charge in [0.15, 0.2) is 5.13 Å². The highest BCUT2D eigenvalue weighted by molar-refractivity contribution is 7.14. The molecule has 1 saturated heterocycles. The Labute approximate surface area is 190 Å². The Morgan fingerprint density at radius 2 is 2.03 bits per heavy atom. The molecule has 0 saturated carbocycles. The molecule has 1 fully saturated rings. The van der Waals surface area contributed by atoms with Gasteiger partial charge in [-0.1, -0.05) is 30.3 Å². The van der Waals surface area contributed by atoms with Gasteiger partial charge in [-0.05, 0) is 42.7 Å². The van der Waals surface area contributed by atoms with E-state index >= 15 is 0 Å². The fraction of sp³-hybridized carbons (Fsp3) is 0.292. The number of ether oxygens (including phenoxy) is 1. The Hall–Kier alpha value is -3.10. The molecule has 1 atom stereocenters. The predicted octanol–water partition coefficient (Wildman–Crippen LogP) is 4.28. The van der Waals surface area contributed by atoms with Crippen molar-refractivity contribution in [2.75, 3.05) is 18.5 Å². The van der Waals surface area contributed by atoms with E-state index in [0.29, 0.717) is 36.1 Å². The highest BCUT2D eigenvalue weighted by Crippen LogP contribution is 2.20. The number of carbonyl (C=O) groups is 2. The van der Waals surface area contributed by atoms with Gasteiger partial charge in [0, 0.05) is 30.6 Å². The highest BCUT2D eigenvalue weighted by Gasteiger charge is 2.24. The summed E-state index contributed by atoms with van der Waals surface area (Å²) in [6.07, 6.45) is 1.96. The Morgan fingerprint density at radius 3 is 2.78 bits per heavy atom. The Balaban J connectivity index is 1.41. The number of amides is 2. The molecule has 4 rings (SSSR count). The molecule has 1 unspecified atom stereocenters. The standard InChI is InChI=1S/C24H24FN3O3S/c25-19-9-4-6-17(12-19)14-28(15-21-10-5-11-31-21)22(29)13-20-16-32-24(26-20)27-23(30)18-7-2-1-3-8-18/h1-4,6-9,12,16,21H,5,10-11,13-15H2,(H,26,27,30). The van der Waals surface area contributed by atoms with Crippen LogP contribution in [0.3, 0.4) is 0 Å². The van der Waals surface area contributed by atoms with Crippen molar-refractivity contribution >= 4 is 28.3 Å². The van der Waals surface area contributed by atoms with Crippen LogP contribution < -0.4 is 5.32 Å². The molecule has 0 radical (unpaired) electrons. The van der Waals surface area contributed by atoms with Crippen LogP contribution in [0.1, 0.15) is 34.5 Å². The van der Waals surface area contributed by atoms with Gasteiger partial charge in [-0.25, -0.2) is 9.37 Å². The molecule has 0 bridgehead atoms.